The molecule has 0 heterocycles. The molecular formula is C26H42OSi2. The lowest BCUT2D eigenvalue weighted by Crippen LogP contribution is -2.47. The maximum absolute atomic E-state index is 11.6. The van der Waals surface area contributed by atoms with E-state index in [0.717, 1.165) is 32.1 Å². The molecule has 0 aromatic carbocycles. The summed E-state index contributed by atoms with van der Waals surface area (Å²) in [7, 11) is -3.34. The normalized spacial score (nSPS) is 20.2. The summed E-state index contributed by atoms with van der Waals surface area (Å²) in [4.78, 5) is 0. The van der Waals surface area contributed by atoms with Crippen LogP contribution < -0.4 is 0 Å². The second-order valence-corrected chi connectivity index (χ2v) is 21.8. The zero-order chi connectivity index (χ0) is 21.9. The average molecular weight is 427 g/mol. The summed E-state index contributed by atoms with van der Waals surface area (Å²) >= 11 is 0. The fourth-order valence-electron chi connectivity index (χ4n) is 3.96. The number of aliphatic hydroxyl groups excluding tert-OH is 1. The molecule has 0 spiro atoms. The van der Waals surface area contributed by atoms with Crippen molar-refractivity contribution >= 4 is 16.1 Å². The summed E-state index contributed by atoms with van der Waals surface area (Å²) in [5.74, 6) is 10.6. The third kappa shape index (κ3) is 6.48. The van der Waals surface area contributed by atoms with Crippen LogP contribution in [0.4, 0.5) is 0 Å². The predicted octanol–water partition coefficient (Wildman–Crippen LogP) is 7.09. The van der Waals surface area contributed by atoms with E-state index < -0.39 is 22.3 Å². The average Bonchev–Trinajstić information content (AvgIpc) is 3.07. The summed E-state index contributed by atoms with van der Waals surface area (Å²) in [6, 6.07) is 0. The molecule has 29 heavy (non-hydrogen) atoms. The highest BCUT2D eigenvalue weighted by molar-refractivity contribution is 6.85. The van der Waals surface area contributed by atoms with Gasteiger partial charge in [-0.3, -0.25) is 0 Å². The molecule has 2 rings (SSSR count). The van der Waals surface area contributed by atoms with Crippen LogP contribution in [-0.2, 0) is 0 Å². The van der Waals surface area contributed by atoms with Crippen LogP contribution in [0.5, 0.6) is 0 Å². The Morgan fingerprint density at radius 3 is 2.17 bits per heavy atom. The first kappa shape index (κ1) is 24.3. The standard InChI is InChI=1S/C26H42OSi2/c1-26(2,3)29(7,8)24(19-20-28(4,5)6)25(27)23-16-12-15-22(23)18-17-21-13-10-9-11-14-21/h13,24-25,27H,9-12,14-16H2,1-8H3/t24-,25+/m1/s1. The van der Waals surface area contributed by atoms with Gasteiger partial charge in [0.25, 0.3) is 0 Å². The van der Waals surface area contributed by atoms with Crippen molar-refractivity contribution in [1.29, 1.82) is 0 Å². The van der Waals surface area contributed by atoms with Crippen molar-refractivity contribution in [1.82, 2.24) is 0 Å². The summed E-state index contributed by atoms with van der Waals surface area (Å²) in [6.07, 6.45) is 9.77. The van der Waals surface area contributed by atoms with Crippen molar-refractivity contribution in [2.24, 2.45) is 0 Å². The van der Waals surface area contributed by atoms with Crippen molar-refractivity contribution < 1.29 is 5.11 Å². The Morgan fingerprint density at radius 2 is 1.62 bits per heavy atom. The topological polar surface area (TPSA) is 20.2 Å². The summed E-state index contributed by atoms with van der Waals surface area (Å²) in [6.45, 7) is 18.7. The van der Waals surface area contributed by atoms with E-state index in [2.05, 4.69) is 82.9 Å². The number of allylic oxidation sites excluding steroid dienone is 3. The first-order valence-electron chi connectivity index (χ1n) is 11.5. The van der Waals surface area contributed by atoms with E-state index in [0.29, 0.717) is 0 Å². The lowest BCUT2D eigenvalue weighted by molar-refractivity contribution is 0.209. The Bertz CT molecular complexity index is 779. The van der Waals surface area contributed by atoms with E-state index in [1.807, 2.05) is 0 Å². The van der Waals surface area contributed by atoms with Gasteiger partial charge in [-0.1, -0.05) is 71.4 Å². The van der Waals surface area contributed by atoms with Gasteiger partial charge in [0.2, 0.25) is 0 Å². The van der Waals surface area contributed by atoms with Gasteiger partial charge in [0.15, 0.2) is 0 Å². The number of aliphatic hydroxyl groups is 1. The first-order valence-corrected chi connectivity index (χ1v) is 18.0. The van der Waals surface area contributed by atoms with Crippen LogP contribution in [0.2, 0.25) is 43.3 Å². The molecule has 2 aliphatic rings. The van der Waals surface area contributed by atoms with Crippen LogP contribution >= 0.6 is 0 Å². The zero-order valence-corrected chi connectivity index (χ0v) is 22.1. The maximum Gasteiger partial charge on any atom is 0.129 e. The first-order chi connectivity index (χ1) is 13.3. The second kappa shape index (κ2) is 9.42. The van der Waals surface area contributed by atoms with E-state index in [1.165, 1.54) is 29.6 Å². The third-order valence-electron chi connectivity index (χ3n) is 6.91. The van der Waals surface area contributed by atoms with Gasteiger partial charge in [0.1, 0.15) is 8.07 Å². The molecule has 0 saturated heterocycles. The highest BCUT2D eigenvalue weighted by atomic mass is 28.3. The largest absolute Gasteiger partial charge is 0.388 e. The van der Waals surface area contributed by atoms with Gasteiger partial charge in [-0.2, -0.15) is 0 Å². The molecule has 2 atom stereocenters. The SMILES string of the molecule is CC(C)(C)[Si](C)(C)[C@H](C#C[Si](C)(C)C)[C@@H](O)C1=C(C#CC2=CCCCC2)CCC1. The molecule has 1 nitrogen and oxygen atoms in total. The van der Waals surface area contributed by atoms with Gasteiger partial charge in [0.05, 0.1) is 14.2 Å². The quantitative estimate of drug-likeness (QED) is 0.377. The molecule has 0 saturated carbocycles. The fourth-order valence-corrected chi connectivity index (χ4v) is 7.05. The van der Waals surface area contributed by atoms with Crippen LogP contribution in [-0.4, -0.2) is 27.4 Å². The number of rotatable bonds is 3. The Morgan fingerprint density at radius 1 is 0.931 bits per heavy atom. The fraction of sp³-hybridized carbons (Fsp3) is 0.692. The smallest absolute Gasteiger partial charge is 0.129 e. The van der Waals surface area contributed by atoms with E-state index in [4.69, 9.17) is 0 Å². The second-order valence-electron chi connectivity index (χ2n) is 11.5. The minimum atomic E-state index is -1.84. The van der Waals surface area contributed by atoms with Crippen LogP contribution in [0.3, 0.4) is 0 Å². The molecule has 2 aliphatic carbocycles. The maximum atomic E-state index is 11.6. The van der Waals surface area contributed by atoms with Crippen LogP contribution in [0, 0.1) is 23.3 Å². The van der Waals surface area contributed by atoms with Gasteiger partial charge in [-0.05, 0) is 61.1 Å². The molecular weight excluding hydrogens is 384 g/mol. The molecule has 0 radical (unpaired) electrons. The summed E-state index contributed by atoms with van der Waals surface area (Å²) in [5, 5.41) is 11.8. The third-order valence-corrected chi connectivity index (χ3v) is 13.7. The number of hydrogen-bond donors (Lipinski definition) is 1. The van der Waals surface area contributed by atoms with Crippen molar-refractivity contribution in [2.45, 2.75) is 115 Å². The van der Waals surface area contributed by atoms with Crippen LogP contribution in [0.25, 0.3) is 0 Å². The van der Waals surface area contributed by atoms with Crippen molar-refractivity contribution in [3.63, 3.8) is 0 Å². The molecule has 0 amide bonds. The Hall–Kier alpha value is -1.01. The van der Waals surface area contributed by atoms with E-state index >= 15 is 0 Å². The molecule has 3 heteroatoms. The van der Waals surface area contributed by atoms with Crippen molar-refractivity contribution in [3.8, 4) is 23.3 Å². The lowest BCUT2D eigenvalue weighted by Gasteiger charge is -2.43. The highest BCUT2D eigenvalue weighted by Crippen LogP contribution is 2.47. The zero-order valence-electron chi connectivity index (χ0n) is 20.1. The van der Waals surface area contributed by atoms with Crippen molar-refractivity contribution in [3.05, 3.63) is 22.8 Å². The molecule has 0 bridgehead atoms. The molecule has 1 N–H and O–H groups in total. The molecule has 0 aliphatic heterocycles. The van der Waals surface area contributed by atoms with E-state index in [9.17, 15) is 5.11 Å². The Kier molecular flexibility index (Phi) is 7.88. The minimum absolute atomic E-state index is 0.0630. The van der Waals surface area contributed by atoms with Gasteiger partial charge in [-0.15, -0.1) is 11.5 Å². The molecule has 160 valence electrons. The van der Waals surface area contributed by atoms with Gasteiger partial charge in [0, 0.05) is 11.1 Å². The molecule has 0 aromatic rings. The summed E-state index contributed by atoms with van der Waals surface area (Å²) in [5.41, 5.74) is 7.34. The van der Waals surface area contributed by atoms with Gasteiger partial charge >= 0.3 is 0 Å². The van der Waals surface area contributed by atoms with Crippen molar-refractivity contribution in [2.75, 3.05) is 0 Å². The summed E-state index contributed by atoms with van der Waals surface area (Å²) < 4.78 is 0. The molecule has 0 fully saturated rings. The van der Waals surface area contributed by atoms with E-state index in [-0.39, 0.29) is 10.6 Å². The Labute approximate surface area is 182 Å². The monoisotopic (exact) mass is 426 g/mol. The number of hydrogen-bond acceptors (Lipinski definition) is 1. The van der Waals surface area contributed by atoms with Crippen LogP contribution in [0.1, 0.15) is 65.7 Å². The molecule has 0 unspecified atom stereocenters. The Balaban J connectivity index is 2.42. The molecule has 0 aromatic heterocycles. The van der Waals surface area contributed by atoms with Gasteiger partial charge in [-0.25, -0.2) is 0 Å². The lowest BCUT2D eigenvalue weighted by atomic mass is 9.99. The minimum Gasteiger partial charge on any atom is -0.388 e. The van der Waals surface area contributed by atoms with Gasteiger partial charge < -0.3 is 5.11 Å². The van der Waals surface area contributed by atoms with E-state index in [1.54, 1.807) is 0 Å². The highest BCUT2D eigenvalue weighted by Gasteiger charge is 2.46. The predicted molar refractivity (Wildman–Crippen MR) is 133 cm³/mol. The van der Waals surface area contributed by atoms with Crippen LogP contribution in [0.15, 0.2) is 22.8 Å².